The minimum Gasteiger partial charge on any atom is -0.478 e. The summed E-state index contributed by atoms with van der Waals surface area (Å²) in [6.07, 6.45) is 1.44. The number of nitrogens with one attached hydrogen (secondary N) is 2. The van der Waals surface area contributed by atoms with Gasteiger partial charge in [-0.1, -0.05) is 0 Å². The molecule has 2 rings (SSSR count). The fourth-order valence-corrected chi connectivity index (χ4v) is 3.40. The number of carbonyl (C=O) groups is 1. The number of sulfonamides is 1. The maximum atomic E-state index is 12.6. The van der Waals surface area contributed by atoms with Crippen LogP contribution in [0.15, 0.2) is 45.9 Å². The predicted octanol–water partition coefficient (Wildman–Crippen LogP) is 1.90. The second kappa shape index (κ2) is 8.15. The van der Waals surface area contributed by atoms with Crippen molar-refractivity contribution in [2.24, 2.45) is 0 Å². The molecule has 0 saturated heterocycles. The zero-order chi connectivity index (χ0) is 18.4. The van der Waals surface area contributed by atoms with Gasteiger partial charge in [-0.2, -0.15) is 0 Å². The van der Waals surface area contributed by atoms with Gasteiger partial charge >= 0.3 is 5.97 Å². The second-order valence-corrected chi connectivity index (χ2v) is 7.16. The van der Waals surface area contributed by atoms with Crippen LogP contribution in [-0.4, -0.2) is 39.3 Å². The van der Waals surface area contributed by atoms with E-state index in [4.69, 9.17) is 14.3 Å². The first-order valence-corrected chi connectivity index (χ1v) is 8.96. The van der Waals surface area contributed by atoms with Gasteiger partial charge in [-0.25, -0.2) is 17.9 Å². The minimum atomic E-state index is -3.96. The highest BCUT2D eigenvalue weighted by molar-refractivity contribution is 7.89. The topological polar surface area (TPSA) is 118 Å². The maximum Gasteiger partial charge on any atom is 0.335 e. The Labute approximate surface area is 145 Å². The van der Waals surface area contributed by atoms with E-state index in [2.05, 4.69) is 10.0 Å². The van der Waals surface area contributed by atoms with Crippen LogP contribution >= 0.6 is 0 Å². The summed E-state index contributed by atoms with van der Waals surface area (Å²) in [7, 11) is -2.42. The van der Waals surface area contributed by atoms with Crippen LogP contribution in [0.25, 0.3) is 0 Å². The molecule has 1 atom stereocenters. The Kier molecular flexibility index (Phi) is 6.18. The maximum absolute atomic E-state index is 12.6. The van der Waals surface area contributed by atoms with Gasteiger partial charge in [0.15, 0.2) is 0 Å². The van der Waals surface area contributed by atoms with E-state index in [0.29, 0.717) is 18.1 Å². The highest BCUT2D eigenvalue weighted by atomic mass is 32.2. The summed E-state index contributed by atoms with van der Waals surface area (Å²) in [5.74, 6) is -0.765. The molecule has 25 heavy (non-hydrogen) atoms. The van der Waals surface area contributed by atoms with Crippen LogP contribution in [0.2, 0.25) is 0 Å². The van der Waals surface area contributed by atoms with Crippen molar-refractivity contribution >= 4 is 21.7 Å². The minimum absolute atomic E-state index is 0.0420. The lowest BCUT2D eigenvalue weighted by atomic mass is 10.2. The molecule has 0 fully saturated rings. The summed E-state index contributed by atoms with van der Waals surface area (Å²) in [6.45, 7) is 2.14. The van der Waals surface area contributed by atoms with E-state index in [1.165, 1.54) is 25.5 Å². The molecule has 1 heterocycles. The van der Waals surface area contributed by atoms with Crippen molar-refractivity contribution < 1.29 is 27.5 Å². The Morgan fingerprint density at radius 3 is 2.72 bits per heavy atom. The summed E-state index contributed by atoms with van der Waals surface area (Å²) in [6, 6.07) is 7.01. The van der Waals surface area contributed by atoms with Gasteiger partial charge in [0.1, 0.15) is 10.7 Å². The number of aromatic carboxylic acids is 1. The lowest BCUT2D eigenvalue weighted by Gasteiger charge is -2.18. The van der Waals surface area contributed by atoms with Crippen molar-refractivity contribution in [3.63, 3.8) is 0 Å². The number of rotatable bonds is 9. The summed E-state index contributed by atoms with van der Waals surface area (Å²) in [5.41, 5.74) is 0.171. The Bertz CT molecular complexity index is 817. The molecule has 0 saturated carbocycles. The number of carboxylic acids is 1. The quantitative estimate of drug-likeness (QED) is 0.619. The first-order valence-electron chi connectivity index (χ1n) is 7.48. The normalized spacial score (nSPS) is 12.7. The molecule has 0 aliphatic carbocycles. The number of furan rings is 1. The molecule has 9 heteroatoms. The third-order valence-electron chi connectivity index (χ3n) is 3.35. The molecule has 0 aliphatic rings. The van der Waals surface area contributed by atoms with E-state index in [1.807, 2.05) is 6.92 Å². The average molecular weight is 368 g/mol. The van der Waals surface area contributed by atoms with Crippen molar-refractivity contribution in [3.8, 4) is 0 Å². The fraction of sp³-hybridized carbons (Fsp3) is 0.312. The molecule has 8 nitrogen and oxygen atoms in total. The van der Waals surface area contributed by atoms with E-state index < -0.39 is 16.0 Å². The fourth-order valence-electron chi connectivity index (χ4n) is 2.21. The molecule has 0 unspecified atom stereocenters. The molecular formula is C16H20N2O6S. The molecule has 136 valence electrons. The molecule has 0 aliphatic heterocycles. The first-order chi connectivity index (χ1) is 11.8. The van der Waals surface area contributed by atoms with Gasteiger partial charge in [0.05, 0.1) is 30.7 Å². The average Bonchev–Trinajstić information content (AvgIpc) is 3.07. The molecule has 2 aromatic rings. The third-order valence-corrected chi connectivity index (χ3v) is 4.79. The van der Waals surface area contributed by atoms with Crippen molar-refractivity contribution in [3.05, 3.63) is 47.9 Å². The molecule has 3 N–H and O–H groups in total. The van der Waals surface area contributed by atoms with Gasteiger partial charge in [0, 0.05) is 13.2 Å². The molecule has 1 aromatic heterocycles. The SMILES string of the molecule is COC[C@@H](C)Nc1ccc(C(=O)O)cc1S(=O)(=O)NCc1ccco1. The number of carboxylic acid groups (broad SMARTS) is 1. The zero-order valence-electron chi connectivity index (χ0n) is 13.9. The smallest absolute Gasteiger partial charge is 0.335 e. The lowest BCUT2D eigenvalue weighted by Crippen LogP contribution is -2.27. The van der Waals surface area contributed by atoms with E-state index in [9.17, 15) is 13.2 Å². The summed E-state index contributed by atoms with van der Waals surface area (Å²) in [5, 5.41) is 12.2. The predicted molar refractivity (Wildman–Crippen MR) is 91.1 cm³/mol. The van der Waals surface area contributed by atoms with Crippen LogP contribution in [0.1, 0.15) is 23.0 Å². The van der Waals surface area contributed by atoms with Gasteiger partial charge in [0.2, 0.25) is 10.0 Å². The summed E-state index contributed by atoms with van der Waals surface area (Å²) >= 11 is 0. The molecule has 0 amide bonds. The van der Waals surface area contributed by atoms with Crippen LogP contribution < -0.4 is 10.0 Å². The monoisotopic (exact) mass is 368 g/mol. The van der Waals surface area contributed by atoms with Gasteiger partial charge in [0.25, 0.3) is 0 Å². The van der Waals surface area contributed by atoms with Crippen LogP contribution in [0.3, 0.4) is 0 Å². The third kappa shape index (κ3) is 5.05. The largest absolute Gasteiger partial charge is 0.478 e. The van der Waals surface area contributed by atoms with Crippen LogP contribution in [0, 0.1) is 0 Å². The molecule has 0 spiro atoms. The van der Waals surface area contributed by atoms with Gasteiger partial charge in [-0.15, -0.1) is 0 Å². The summed E-state index contributed by atoms with van der Waals surface area (Å²) in [4.78, 5) is 11.0. The zero-order valence-corrected chi connectivity index (χ0v) is 14.7. The number of anilines is 1. The molecule has 1 aromatic carbocycles. The van der Waals surface area contributed by atoms with Gasteiger partial charge in [-0.05, 0) is 37.3 Å². The summed E-state index contributed by atoms with van der Waals surface area (Å²) < 4.78 is 37.8. The Hall–Kier alpha value is -2.36. The number of methoxy groups -OCH3 is 1. The second-order valence-electron chi connectivity index (χ2n) is 5.42. The lowest BCUT2D eigenvalue weighted by molar-refractivity contribution is 0.0696. The van der Waals surface area contributed by atoms with Crippen LogP contribution in [-0.2, 0) is 21.3 Å². The van der Waals surface area contributed by atoms with E-state index in [-0.39, 0.29) is 23.0 Å². The highest BCUT2D eigenvalue weighted by Gasteiger charge is 2.22. The van der Waals surface area contributed by atoms with Crippen molar-refractivity contribution in [2.75, 3.05) is 19.0 Å². The van der Waals surface area contributed by atoms with Gasteiger partial charge < -0.3 is 19.6 Å². The number of hydrogen-bond acceptors (Lipinski definition) is 6. The van der Waals surface area contributed by atoms with Crippen molar-refractivity contribution in [2.45, 2.75) is 24.4 Å². The van der Waals surface area contributed by atoms with E-state index in [1.54, 1.807) is 12.1 Å². The molecular weight excluding hydrogens is 348 g/mol. The number of benzene rings is 1. The molecule has 0 bridgehead atoms. The van der Waals surface area contributed by atoms with E-state index in [0.717, 1.165) is 6.07 Å². The number of hydrogen-bond donors (Lipinski definition) is 3. The van der Waals surface area contributed by atoms with Crippen molar-refractivity contribution in [1.29, 1.82) is 0 Å². The first kappa shape index (κ1) is 19.0. The van der Waals surface area contributed by atoms with E-state index >= 15 is 0 Å². The Morgan fingerprint density at radius 2 is 2.12 bits per heavy atom. The standard InChI is InChI=1S/C16H20N2O6S/c1-11(10-23-2)18-14-6-5-12(16(19)20)8-15(14)25(21,22)17-9-13-4-3-7-24-13/h3-8,11,17-18H,9-10H2,1-2H3,(H,19,20)/t11-/m1/s1. The van der Waals surface area contributed by atoms with Crippen LogP contribution in [0.4, 0.5) is 5.69 Å². The van der Waals surface area contributed by atoms with Crippen LogP contribution in [0.5, 0.6) is 0 Å². The Balaban J connectivity index is 2.33. The Morgan fingerprint density at radius 1 is 1.36 bits per heavy atom. The highest BCUT2D eigenvalue weighted by Crippen LogP contribution is 2.24. The van der Waals surface area contributed by atoms with Gasteiger partial charge in [-0.3, -0.25) is 0 Å². The van der Waals surface area contributed by atoms with Crippen molar-refractivity contribution in [1.82, 2.24) is 4.72 Å². The molecule has 0 radical (unpaired) electrons. The number of ether oxygens (including phenoxy) is 1.